The van der Waals surface area contributed by atoms with Gasteiger partial charge in [0.25, 0.3) is 0 Å². The zero-order valence-corrected chi connectivity index (χ0v) is 11.0. The minimum atomic E-state index is -4.53. The van der Waals surface area contributed by atoms with Crippen molar-refractivity contribution in [2.75, 3.05) is 30.4 Å². The predicted octanol–water partition coefficient (Wildman–Crippen LogP) is 2.77. The number of alkyl halides is 3. The molecule has 0 aromatic carbocycles. The molecule has 1 aromatic heterocycles. The maximum atomic E-state index is 12.8. The lowest BCUT2D eigenvalue weighted by atomic mass is 10.3. The molecule has 1 aliphatic carbocycles. The van der Waals surface area contributed by atoms with E-state index in [4.69, 9.17) is 0 Å². The van der Waals surface area contributed by atoms with Crippen molar-refractivity contribution in [3.8, 4) is 0 Å². The molecule has 0 saturated heterocycles. The molecule has 0 unspecified atom stereocenters. The van der Waals surface area contributed by atoms with Gasteiger partial charge in [0.1, 0.15) is 11.6 Å². The van der Waals surface area contributed by atoms with Crippen LogP contribution in [0.2, 0.25) is 0 Å². The van der Waals surface area contributed by atoms with Crippen molar-refractivity contribution < 1.29 is 13.2 Å². The van der Waals surface area contributed by atoms with E-state index in [-0.39, 0.29) is 5.82 Å². The number of anilines is 2. The van der Waals surface area contributed by atoms with Gasteiger partial charge in [-0.05, 0) is 25.7 Å². The van der Waals surface area contributed by atoms with Gasteiger partial charge in [-0.1, -0.05) is 0 Å². The molecule has 1 heterocycles. The summed E-state index contributed by atoms with van der Waals surface area (Å²) in [7, 11) is 1.76. The molecule has 19 heavy (non-hydrogen) atoms. The largest absolute Gasteiger partial charge is 0.451 e. The van der Waals surface area contributed by atoms with Gasteiger partial charge in [-0.15, -0.1) is 0 Å². The van der Waals surface area contributed by atoms with Crippen molar-refractivity contribution in [3.05, 3.63) is 11.9 Å². The van der Waals surface area contributed by atoms with E-state index in [1.54, 1.807) is 18.0 Å². The Kier molecular flexibility index (Phi) is 3.82. The Morgan fingerprint density at radius 1 is 1.37 bits per heavy atom. The van der Waals surface area contributed by atoms with Crippen molar-refractivity contribution >= 4 is 11.6 Å². The molecule has 1 fully saturated rings. The van der Waals surface area contributed by atoms with E-state index in [9.17, 15) is 13.2 Å². The van der Waals surface area contributed by atoms with Gasteiger partial charge in [0, 0.05) is 26.2 Å². The highest BCUT2D eigenvalue weighted by molar-refractivity contribution is 5.49. The number of rotatable bonds is 5. The van der Waals surface area contributed by atoms with Crippen LogP contribution in [0.1, 0.15) is 25.6 Å². The molecule has 0 aliphatic heterocycles. The molecule has 2 rings (SSSR count). The third-order valence-corrected chi connectivity index (χ3v) is 2.94. The van der Waals surface area contributed by atoms with Crippen LogP contribution < -0.4 is 10.2 Å². The van der Waals surface area contributed by atoms with Crippen LogP contribution in [0.25, 0.3) is 0 Å². The second kappa shape index (κ2) is 5.22. The predicted molar refractivity (Wildman–Crippen MR) is 67.2 cm³/mol. The summed E-state index contributed by atoms with van der Waals surface area (Å²) in [5.74, 6) is 0.00753. The number of hydrogen-bond acceptors (Lipinski definition) is 4. The van der Waals surface area contributed by atoms with Gasteiger partial charge in [-0.3, -0.25) is 0 Å². The first-order chi connectivity index (χ1) is 8.90. The van der Waals surface area contributed by atoms with Gasteiger partial charge in [0.2, 0.25) is 5.82 Å². The monoisotopic (exact) mass is 274 g/mol. The first-order valence-corrected chi connectivity index (χ1v) is 6.31. The van der Waals surface area contributed by atoms with Crippen LogP contribution in [-0.4, -0.2) is 30.1 Å². The van der Waals surface area contributed by atoms with Gasteiger partial charge in [-0.2, -0.15) is 13.2 Å². The Balaban J connectivity index is 2.27. The zero-order valence-electron chi connectivity index (χ0n) is 11.0. The average Bonchev–Trinajstić information content (AvgIpc) is 3.12. The summed E-state index contributed by atoms with van der Waals surface area (Å²) in [6.07, 6.45) is -2.25. The number of nitrogens with one attached hydrogen (secondary N) is 1. The lowest BCUT2D eigenvalue weighted by molar-refractivity contribution is -0.144. The van der Waals surface area contributed by atoms with Crippen LogP contribution in [0, 0.1) is 5.92 Å². The summed E-state index contributed by atoms with van der Waals surface area (Å²) in [5.41, 5.74) is 0. The Hall–Kier alpha value is -1.53. The Bertz CT molecular complexity index is 443. The molecule has 1 saturated carbocycles. The number of halogens is 3. The first-order valence-electron chi connectivity index (χ1n) is 6.31. The van der Waals surface area contributed by atoms with Crippen molar-refractivity contribution in [2.24, 2.45) is 5.92 Å². The average molecular weight is 274 g/mol. The van der Waals surface area contributed by atoms with E-state index in [0.29, 0.717) is 18.3 Å². The fourth-order valence-corrected chi connectivity index (χ4v) is 1.81. The van der Waals surface area contributed by atoms with E-state index in [2.05, 4.69) is 15.3 Å². The maximum absolute atomic E-state index is 12.8. The second-order valence-corrected chi connectivity index (χ2v) is 4.79. The second-order valence-electron chi connectivity index (χ2n) is 4.79. The zero-order chi connectivity index (χ0) is 14.0. The van der Waals surface area contributed by atoms with Crippen LogP contribution in [0.15, 0.2) is 6.07 Å². The van der Waals surface area contributed by atoms with E-state index < -0.39 is 12.0 Å². The van der Waals surface area contributed by atoms with Gasteiger partial charge in [-0.25, -0.2) is 9.97 Å². The van der Waals surface area contributed by atoms with Crippen LogP contribution in [0.4, 0.5) is 24.8 Å². The highest BCUT2D eigenvalue weighted by Crippen LogP contribution is 2.32. The molecule has 106 valence electrons. The number of nitrogens with zero attached hydrogens (tertiary/aromatic N) is 3. The molecule has 0 amide bonds. The maximum Gasteiger partial charge on any atom is 0.451 e. The summed E-state index contributed by atoms with van der Waals surface area (Å²) in [6.45, 7) is 3.06. The Morgan fingerprint density at radius 3 is 2.58 bits per heavy atom. The summed E-state index contributed by atoms with van der Waals surface area (Å²) < 4.78 is 38.3. The minimum Gasteiger partial charge on any atom is -0.370 e. The third kappa shape index (κ3) is 3.71. The molecule has 7 heteroatoms. The van der Waals surface area contributed by atoms with Gasteiger partial charge in [0.15, 0.2) is 0 Å². The molecule has 4 nitrogen and oxygen atoms in total. The normalized spacial score (nSPS) is 15.4. The van der Waals surface area contributed by atoms with Crippen LogP contribution >= 0.6 is 0 Å². The standard InChI is InChI=1S/C12H17F3N4/c1-3-16-9-6-10(19(2)7-8-4-5-8)18-11(17-9)12(13,14)15/h6,8H,3-5,7H2,1-2H3,(H,16,17,18). The highest BCUT2D eigenvalue weighted by atomic mass is 19.4. The van der Waals surface area contributed by atoms with Crippen molar-refractivity contribution in [2.45, 2.75) is 25.9 Å². The summed E-state index contributed by atoms with van der Waals surface area (Å²) >= 11 is 0. The summed E-state index contributed by atoms with van der Waals surface area (Å²) in [4.78, 5) is 8.87. The lowest BCUT2D eigenvalue weighted by Gasteiger charge is -2.20. The Labute approximate surface area is 110 Å². The summed E-state index contributed by atoms with van der Waals surface area (Å²) in [5, 5.41) is 2.81. The van der Waals surface area contributed by atoms with Crippen molar-refractivity contribution in [3.63, 3.8) is 0 Å². The molecule has 1 aliphatic rings. The van der Waals surface area contributed by atoms with E-state index in [1.807, 2.05) is 6.92 Å². The molecular weight excluding hydrogens is 257 g/mol. The lowest BCUT2D eigenvalue weighted by Crippen LogP contribution is -2.23. The fraction of sp³-hybridized carbons (Fsp3) is 0.667. The smallest absolute Gasteiger partial charge is 0.370 e. The molecular formula is C12H17F3N4. The third-order valence-electron chi connectivity index (χ3n) is 2.94. The molecule has 1 N–H and O–H groups in total. The quantitative estimate of drug-likeness (QED) is 0.896. The van der Waals surface area contributed by atoms with Gasteiger partial charge < -0.3 is 10.2 Å². The van der Waals surface area contributed by atoms with Crippen molar-refractivity contribution in [1.29, 1.82) is 0 Å². The van der Waals surface area contributed by atoms with E-state index >= 15 is 0 Å². The Morgan fingerprint density at radius 2 is 2.05 bits per heavy atom. The fourth-order valence-electron chi connectivity index (χ4n) is 1.81. The van der Waals surface area contributed by atoms with E-state index in [1.165, 1.54) is 0 Å². The SMILES string of the molecule is CCNc1cc(N(C)CC2CC2)nc(C(F)(F)F)n1. The minimum absolute atomic E-state index is 0.211. The topological polar surface area (TPSA) is 41.0 Å². The number of aromatic nitrogens is 2. The molecule has 1 aromatic rings. The number of hydrogen-bond donors (Lipinski definition) is 1. The van der Waals surface area contributed by atoms with Gasteiger partial charge >= 0.3 is 6.18 Å². The van der Waals surface area contributed by atoms with Crippen LogP contribution in [-0.2, 0) is 6.18 Å². The molecule has 0 spiro atoms. The molecule has 0 radical (unpaired) electrons. The van der Waals surface area contributed by atoms with Crippen LogP contribution in [0.5, 0.6) is 0 Å². The highest BCUT2D eigenvalue weighted by Gasteiger charge is 2.36. The van der Waals surface area contributed by atoms with Crippen molar-refractivity contribution in [1.82, 2.24) is 9.97 Å². The first kappa shape index (κ1) is 13.9. The molecule has 0 bridgehead atoms. The summed E-state index contributed by atoms with van der Waals surface area (Å²) in [6, 6.07) is 1.56. The van der Waals surface area contributed by atoms with Gasteiger partial charge in [0.05, 0.1) is 0 Å². The van der Waals surface area contributed by atoms with Crippen LogP contribution in [0.3, 0.4) is 0 Å². The van der Waals surface area contributed by atoms with E-state index in [0.717, 1.165) is 19.4 Å². The molecule has 0 atom stereocenters.